The van der Waals surface area contributed by atoms with Crippen molar-refractivity contribution in [1.29, 1.82) is 0 Å². The van der Waals surface area contributed by atoms with Crippen LogP contribution < -0.4 is 5.56 Å². The fourth-order valence-electron chi connectivity index (χ4n) is 2.11. The van der Waals surface area contributed by atoms with Crippen molar-refractivity contribution in [2.45, 2.75) is 13.5 Å². The molecule has 4 aromatic rings. The number of hydrogen-bond acceptors (Lipinski definition) is 9. The van der Waals surface area contributed by atoms with Crippen molar-refractivity contribution in [3.63, 3.8) is 0 Å². The zero-order valence-electron chi connectivity index (χ0n) is 12.8. The van der Waals surface area contributed by atoms with E-state index in [9.17, 15) is 9.59 Å². The predicted molar refractivity (Wildman–Crippen MR) is 96.4 cm³/mol. The van der Waals surface area contributed by atoms with E-state index in [4.69, 9.17) is 4.74 Å². The quantitative estimate of drug-likeness (QED) is 0.498. The van der Waals surface area contributed by atoms with Crippen molar-refractivity contribution >= 4 is 44.9 Å². The Morgan fingerprint density at radius 3 is 3.00 bits per heavy atom. The number of hydrogen-bond donors (Lipinski definition) is 0. The van der Waals surface area contributed by atoms with Crippen molar-refractivity contribution in [2.75, 3.05) is 0 Å². The zero-order chi connectivity index (χ0) is 17.4. The number of fused-ring (bicyclic) bond motifs is 1. The molecule has 0 spiro atoms. The molecule has 4 aromatic heterocycles. The lowest BCUT2D eigenvalue weighted by molar-refractivity contribution is 0.0465. The van der Waals surface area contributed by atoms with Crippen LogP contribution >= 0.6 is 34.0 Å². The molecular weight excluding hydrogens is 380 g/mol. The van der Waals surface area contributed by atoms with Crippen LogP contribution in [-0.4, -0.2) is 25.6 Å². The summed E-state index contributed by atoms with van der Waals surface area (Å²) in [6.45, 7) is 1.71. The molecule has 4 rings (SSSR count). The highest BCUT2D eigenvalue weighted by molar-refractivity contribution is 7.16. The molecule has 0 aromatic carbocycles. The Morgan fingerprint density at radius 1 is 1.32 bits per heavy atom. The number of nitrogens with zero attached hydrogens (tertiary/aromatic N) is 4. The van der Waals surface area contributed by atoms with Crippen molar-refractivity contribution in [3.05, 3.63) is 55.0 Å². The first-order chi connectivity index (χ1) is 12.1. The van der Waals surface area contributed by atoms with Crippen molar-refractivity contribution in [2.24, 2.45) is 0 Å². The molecule has 0 aliphatic heterocycles. The Bertz CT molecular complexity index is 1110. The molecule has 7 nitrogen and oxygen atoms in total. The molecule has 0 saturated heterocycles. The Hall–Kier alpha value is -2.43. The number of carbonyl (C=O) groups is 1. The average Bonchev–Trinajstić information content (AvgIpc) is 3.31. The van der Waals surface area contributed by atoms with Gasteiger partial charge >= 0.3 is 5.97 Å². The molecule has 0 unspecified atom stereocenters. The van der Waals surface area contributed by atoms with E-state index in [-0.39, 0.29) is 17.9 Å². The van der Waals surface area contributed by atoms with Gasteiger partial charge in [-0.2, -0.15) is 21.0 Å². The summed E-state index contributed by atoms with van der Waals surface area (Å²) < 4.78 is 6.46. The van der Waals surface area contributed by atoms with Crippen LogP contribution in [0.1, 0.15) is 21.2 Å². The molecule has 0 atom stereocenters. The van der Waals surface area contributed by atoms with E-state index in [0.717, 1.165) is 10.6 Å². The van der Waals surface area contributed by atoms with E-state index in [1.807, 2.05) is 16.8 Å². The Morgan fingerprint density at radius 2 is 2.20 bits per heavy atom. The minimum absolute atomic E-state index is 0.0311. The van der Waals surface area contributed by atoms with Gasteiger partial charge in [-0.3, -0.25) is 4.79 Å². The standard InChI is InChI=1S/C15H10N4O3S3/c1-8-4-12(20)19-15(16-8)25-11(18-19)5-22-14(21)10-7-24-13(17-10)9-2-3-23-6-9/h2-4,6-7H,5H2,1H3. The molecular formula is C15H10N4O3S3. The molecule has 10 heteroatoms. The Kier molecular flexibility index (Phi) is 4.15. The van der Waals surface area contributed by atoms with Crippen LogP contribution in [-0.2, 0) is 11.3 Å². The van der Waals surface area contributed by atoms with Gasteiger partial charge in [0.15, 0.2) is 10.7 Å². The molecule has 0 bridgehead atoms. The summed E-state index contributed by atoms with van der Waals surface area (Å²) >= 11 is 4.18. The molecule has 0 saturated carbocycles. The van der Waals surface area contributed by atoms with Gasteiger partial charge in [0.1, 0.15) is 11.6 Å². The molecule has 4 heterocycles. The highest BCUT2D eigenvalue weighted by Crippen LogP contribution is 2.26. The van der Waals surface area contributed by atoms with E-state index in [2.05, 4.69) is 15.1 Å². The first-order valence-corrected chi connectivity index (χ1v) is 9.75. The second kappa shape index (κ2) is 6.47. The monoisotopic (exact) mass is 390 g/mol. The average molecular weight is 390 g/mol. The summed E-state index contributed by atoms with van der Waals surface area (Å²) in [6.07, 6.45) is 0. The predicted octanol–water partition coefficient (Wildman–Crippen LogP) is 3.00. The number of aryl methyl sites for hydroxylation is 1. The zero-order valence-corrected chi connectivity index (χ0v) is 15.3. The second-order valence-electron chi connectivity index (χ2n) is 5.05. The van der Waals surface area contributed by atoms with E-state index >= 15 is 0 Å². The lowest BCUT2D eigenvalue weighted by atomic mass is 10.3. The van der Waals surface area contributed by atoms with Gasteiger partial charge in [0.25, 0.3) is 5.56 Å². The summed E-state index contributed by atoms with van der Waals surface area (Å²) in [5, 5.41) is 11.0. The third-order valence-electron chi connectivity index (χ3n) is 3.22. The van der Waals surface area contributed by atoms with E-state index in [1.54, 1.807) is 23.6 Å². The molecule has 0 amide bonds. The third kappa shape index (κ3) is 3.23. The summed E-state index contributed by atoms with van der Waals surface area (Å²) in [4.78, 5) is 33.0. The molecule has 0 aliphatic rings. The van der Waals surface area contributed by atoms with E-state index in [1.165, 1.54) is 33.3 Å². The van der Waals surface area contributed by atoms with Gasteiger partial charge in [0.05, 0.1) is 0 Å². The number of thiophene rings is 1. The largest absolute Gasteiger partial charge is 0.453 e. The van der Waals surface area contributed by atoms with E-state index < -0.39 is 5.97 Å². The summed E-state index contributed by atoms with van der Waals surface area (Å²) in [6, 6.07) is 3.36. The maximum absolute atomic E-state index is 12.2. The smallest absolute Gasteiger partial charge is 0.358 e. The van der Waals surface area contributed by atoms with Crippen LogP contribution in [0.2, 0.25) is 0 Å². The van der Waals surface area contributed by atoms with Crippen molar-refractivity contribution in [1.82, 2.24) is 19.6 Å². The highest BCUT2D eigenvalue weighted by Gasteiger charge is 2.15. The Balaban J connectivity index is 1.49. The minimum Gasteiger partial charge on any atom is -0.453 e. The molecule has 126 valence electrons. The molecule has 0 fully saturated rings. The van der Waals surface area contributed by atoms with Crippen LogP contribution in [0.25, 0.3) is 15.5 Å². The number of ether oxygens (including phenoxy) is 1. The number of carbonyl (C=O) groups excluding carboxylic acids is 1. The number of esters is 1. The normalized spacial score (nSPS) is 11.1. The maximum atomic E-state index is 12.2. The molecule has 0 radical (unpaired) electrons. The Labute approximate surface area is 153 Å². The second-order valence-corrected chi connectivity index (χ2v) is 7.73. The highest BCUT2D eigenvalue weighted by atomic mass is 32.1. The number of aromatic nitrogens is 4. The maximum Gasteiger partial charge on any atom is 0.358 e. The van der Waals surface area contributed by atoms with Crippen LogP contribution in [0.15, 0.2) is 33.1 Å². The molecule has 25 heavy (non-hydrogen) atoms. The lowest BCUT2D eigenvalue weighted by Gasteiger charge is -1.98. The van der Waals surface area contributed by atoms with Gasteiger partial charge in [-0.25, -0.2) is 14.8 Å². The SMILES string of the molecule is Cc1cc(=O)n2nc(COC(=O)c3csc(-c4ccsc4)n3)sc2n1. The van der Waals surface area contributed by atoms with Gasteiger partial charge in [0, 0.05) is 28.1 Å². The van der Waals surface area contributed by atoms with Gasteiger partial charge in [0.2, 0.25) is 4.96 Å². The number of thiazole rings is 1. The molecule has 0 aliphatic carbocycles. The summed E-state index contributed by atoms with van der Waals surface area (Å²) in [7, 11) is 0. The van der Waals surface area contributed by atoms with Crippen molar-refractivity contribution < 1.29 is 9.53 Å². The van der Waals surface area contributed by atoms with Gasteiger partial charge in [-0.1, -0.05) is 11.3 Å². The summed E-state index contributed by atoms with van der Waals surface area (Å²) in [5.41, 5.74) is 1.62. The minimum atomic E-state index is -0.520. The lowest BCUT2D eigenvalue weighted by Crippen LogP contribution is -2.14. The van der Waals surface area contributed by atoms with Crippen LogP contribution in [0, 0.1) is 6.92 Å². The van der Waals surface area contributed by atoms with Gasteiger partial charge < -0.3 is 4.74 Å². The summed E-state index contributed by atoms with van der Waals surface area (Å²) in [5.74, 6) is -0.520. The fraction of sp³-hybridized carbons (Fsp3) is 0.133. The first-order valence-electron chi connectivity index (χ1n) is 7.12. The van der Waals surface area contributed by atoms with Crippen LogP contribution in [0.4, 0.5) is 0 Å². The van der Waals surface area contributed by atoms with Gasteiger partial charge in [-0.05, 0) is 18.4 Å². The van der Waals surface area contributed by atoms with Crippen molar-refractivity contribution in [3.8, 4) is 10.6 Å². The van der Waals surface area contributed by atoms with Crippen LogP contribution in [0.5, 0.6) is 0 Å². The topological polar surface area (TPSA) is 86.5 Å². The van der Waals surface area contributed by atoms with E-state index in [0.29, 0.717) is 15.7 Å². The molecule has 0 N–H and O–H groups in total. The van der Waals surface area contributed by atoms with Crippen LogP contribution in [0.3, 0.4) is 0 Å². The first kappa shape index (κ1) is 16.1. The fourth-order valence-corrected chi connectivity index (χ4v) is 4.47. The number of rotatable bonds is 4. The van der Waals surface area contributed by atoms with Gasteiger partial charge in [-0.15, -0.1) is 11.3 Å². The third-order valence-corrected chi connectivity index (χ3v) is 5.68.